The summed E-state index contributed by atoms with van der Waals surface area (Å²) in [6.07, 6.45) is 6.28. The van der Waals surface area contributed by atoms with Crippen LogP contribution in [0.4, 0.5) is 0 Å². The standard InChI is InChI=1S/C18H19N3O3/c1-11(2)24-13-4-15-20-14(18-7-17(8-18,9-18)10-19)6-21(15)5-12(13)16(22)23-3/h4-6,11H,7-9H2,1-3H3. The van der Waals surface area contributed by atoms with Crippen LogP contribution in [0.15, 0.2) is 18.5 Å². The van der Waals surface area contributed by atoms with Gasteiger partial charge in [0, 0.05) is 23.9 Å². The van der Waals surface area contributed by atoms with Gasteiger partial charge in [0.25, 0.3) is 0 Å². The van der Waals surface area contributed by atoms with Crippen molar-refractivity contribution in [2.24, 2.45) is 5.41 Å². The smallest absolute Gasteiger partial charge is 0.343 e. The van der Waals surface area contributed by atoms with Gasteiger partial charge >= 0.3 is 5.97 Å². The monoisotopic (exact) mass is 325 g/mol. The minimum absolute atomic E-state index is 0.0479. The van der Waals surface area contributed by atoms with E-state index in [1.54, 1.807) is 12.3 Å². The fourth-order valence-corrected chi connectivity index (χ4v) is 4.06. The molecule has 0 amide bonds. The lowest BCUT2D eigenvalue weighted by Crippen LogP contribution is -2.63. The molecule has 3 aliphatic carbocycles. The Hall–Kier alpha value is -2.55. The van der Waals surface area contributed by atoms with Crippen LogP contribution in [0.2, 0.25) is 0 Å². The molecule has 2 aromatic rings. The number of pyridine rings is 1. The van der Waals surface area contributed by atoms with E-state index in [9.17, 15) is 10.1 Å². The molecule has 3 aliphatic rings. The third kappa shape index (κ3) is 1.94. The zero-order valence-corrected chi connectivity index (χ0v) is 14.0. The van der Waals surface area contributed by atoms with E-state index in [0.29, 0.717) is 11.3 Å². The van der Waals surface area contributed by atoms with Crippen LogP contribution in [0.1, 0.15) is 49.2 Å². The Morgan fingerprint density at radius 2 is 2.08 bits per heavy atom. The lowest BCUT2D eigenvalue weighted by Gasteiger charge is -2.66. The number of hydrogen-bond donors (Lipinski definition) is 0. The van der Waals surface area contributed by atoms with Crippen LogP contribution >= 0.6 is 0 Å². The van der Waals surface area contributed by atoms with E-state index in [4.69, 9.17) is 14.5 Å². The van der Waals surface area contributed by atoms with Gasteiger partial charge in [-0.15, -0.1) is 0 Å². The Morgan fingerprint density at radius 1 is 1.38 bits per heavy atom. The topological polar surface area (TPSA) is 76.6 Å². The molecule has 24 heavy (non-hydrogen) atoms. The summed E-state index contributed by atoms with van der Waals surface area (Å²) in [5, 5.41) is 9.19. The molecule has 2 aromatic heterocycles. The number of nitrogens with zero attached hydrogens (tertiary/aromatic N) is 3. The molecule has 2 bridgehead atoms. The molecule has 0 radical (unpaired) electrons. The van der Waals surface area contributed by atoms with Gasteiger partial charge < -0.3 is 13.9 Å². The van der Waals surface area contributed by atoms with Crippen LogP contribution in [-0.4, -0.2) is 28.6 Å². The van der Waals surface area contributed by atoms with Gasteiger partial charge in [-0.3, -0.25) is 0 Å². The van der Waals surface area contributed by atoms with Crippen molar-refractivity contribution >= 4 is 11.6 Å². The summed E-state index contributed by atoms with van der Waals surface area (Å²) >= 11 is 0. The number of fused-ring (bicyclic) bond motifs is 1. The van der Waals surface area contributed by atoms with Crippen LogP contribution in [0.3, 0.4) is 0 Å². The number of methoxy groups -OCH3 is 1. The Labute approximate surface area is 140 Å². The molecular weight excluding hydrogens is 306 g/mol. The predicted molar refractivity (Wildman–Crippen MR) is 85.9 cm³/mol. The van der Waals surface area contributed by atoms with Crippen molar-refractivity contribution in [2.45, 2.75) is 44.6 Å². The van der Waals surface area contributed by atoms with Gasteiger partial charge in [0.15, 0.2) is 0 Å². The molecule has 0 aromatic carbocycles. The van der Waals surface area contributed by atoms with Crippen LogP contribution < -0.4 is 4.74 Å². The van der Waals surface area contributed by atoms with Crippen LogP contribution in [0, 0.1) is 16.7 Å². The molecule has 0 spiro atoms. The molecule has 0 N–H and O–H groups in total. The van der Waals surface area contributed by atoms with E-state index in [0.717, 1.165) is 30.6 Å². The Kier molecular flexibility index (Phi) is 2.96. The van der Waals surface area contributed by atoms with Crippen LogP contribution in [0.25, 0.3) is 5.65 Å². The molecule has 6 heteroatoms. The summed E-state index contributed by atoms with van der Waals surface area (Å²) in [7, 11) is 1.36. The van der Waals surface area contributed by atoms with Crippen molar-refractivity contribution in [3.63, 3.8) is 0 Å². The summed E-state index contributed by atoms with van der Waals surface area (Å²) < 4.78 is 12.5. The molecule has 3 saturated carbocycles. The fourth-order valence-electron chi connectivity index (χ4n) is 4.06. The fraction of sp³-hybridized carbons (Fsp3) is 0.500. The highest BCUT2D eigenvalue weighted by atomic mass is 16.5. The van der Waals surface area contributed by atoms with Crippen molar-refractivity contribution in [1.82, 2.24) is 9.38 Å². The second-order valence-electron chi connectivity index (χ2n) is 7.30. The van der Waals surface area contributed by atoms with Crippen molar-refractivity contribution in [2.75, 3.05) is 7.11 Å². The minimum atomic E-state index is -0.434. The molecule has 6 nitrogen and oxygen atoms in total. The Morgan fingerprint density at radius 3 is 2.67 bits per heavy atom. The number of rotatable bonds is 4. The first-order valence-electron chi connectivity index (χ1n) is 8.10. The number of ether oxygens (including phenoxy) is 2. The first-order chi connectivity index (χ1) is 11.4. The number of carbonyl (C=O) groups is 1. The summed E-state index contributed by atoms with van der Waals surface area (Å²) in [5.41, 5.74) is 2.06. The highest BCUT2D eigenvalue weighted by Crippen LogP contribution is 2.73. The van der Waals surface area contributed by atoms with E-state index >= 15 is 0 Å². The highest BCUT2D eigenvalue weighted by molar-refractivity contribution is 5.92. The molecular formula is C18H19N3O3. The average Bonchev–Trinajstić information content (AvgIpc) is 2.85. The van der Waals surface area contributed by atoms with E-state index in [-0.39, 0.29) is 16.9 Å². The Balaban J connectivity index is 1.75. The van der Waals surface area contributed by atoms with E-state index < -0.39 is 5.97 Å². The zero-order chi connectivity index (χ0) is 17.1. The van der Waals surface area contributed by atoms with Crippen LogP contribution in [0.5, 0.6) is 5.75 Å². The van der Waals surface area contributed by atoms with Gasteiger partial charge in [-0.05, 0) is 33.1 Å². The summed E-state index contributed by atoms with van der Waals surface area (Å²) in [6.45, 7) is 3.82. The predicted octanol–water partition coefficient (Wildman–Crippen LogP) is 2.85. The van der Waals surface area contributed by atoms with E-state index in [1.165, 1.54) is 7.11 Å². The van der Waals surface area contributed by atoms with Gasteiger partial charge in [0.1, 0.15) is 17.0 Å². The van der Waals surface area contributed by atoms with Gasteiger partial charge in [-0.1, -0.05) is 0 Å². The first-order valence-corrected chi connectivity index (χ1v) is 8.10. The van der Waals surface area contributed by atoms with Gasteiger partial charge in [-0.2, -0.15) is 5.26 Å². The molecule has 3 fully saturated rings. The lowest BCUT2D eigenvalue weighted by atomic mass is 9.35. The second kappa shape index (κ2) is 4.73. The van der Waals surface area contributed by atoms with Crippen molar-refractivity contribution < 1.29 is 14.3 Å². The molecule has 0 saturated heterocycles. The molecule has 124 valence electrons. The first kappa shape index (κ1) is 15.0. The molecule has 0 aliphatic heterocycles. The number of hydrogen-bond acceptors (Lipinski definition) is 5. The van der Waals surface area contributed by atoms with Crippen LogP contribution in [-0.2, 0) is 10.2 Å². The average molecular weight is 325 g/mol. The third-order valence-electron chi connectivity index (χ3n) is 5.13. The lowest BCUT2D eigenvalue weighted by molar-refractivity contribution is -0.0953. The molecule has 0 atom stereocenters. The maximum Gasteiger partial charge on any atom is 0.343 e. The number of imidazole rings is 1. The summed E-state index contributed by atoms with van der Waals surface area (Å²) in [6, 6.07) is 4.20. The van der Waals surface area contributed by atoms with Gasteiger partial charge in [-0.25, -0.2) is 9.78 Å². The normalized spacial score (nSPS) is 27.3. The maximum absolute atomic E-state index is 12.0. The summed E-state index contributed by atoms with van der Waals surface area (Å²) in [5.74, 6) is 0.0457. The number of carbonyl (C=O) groups excluding carboxylic acids is 1. The van der Waals surface area contributed by atoms with Gasteiger partial charge in [0.2, 0.25) is 0 Å². The largest absolute Gasteiger partial charge is 0.490 e. The van der Waals surface area contributed by atoms with Crippen molar-refractivity contribution in [3.05, 3.63) is 29.7 Å². The highest BCUT2D eigenvalue weighted by Gasteiger charge is 2.70. The molecule has 2 heterocycles. The quantitative estimate of drug-likeness (QED) is 0.808. The van der Waals surface area contributed by atoms with E-state index in [2.05, 4.69) is 6.07 Å². The van der Waals surface area contributed by atoms with Gasteiger partial charge in [0.05, 0.1) is 30.4 Å². The molecule has 0 unspecified atom stereocenters. The molecule has 5 rings (SSSR count). The summed E-state index contributed by atoms with van der Waals surface area (Å²) in [4.78, 5) is 16.8. The third-order valence-corrected chi connectivity index (χ3v) is 5.13. The van der Waals surface area contributed by atoms with Crippen molar-refractivity contribution in [3.8, 4) is 11.8 Å². The SMILES string of the molecule is COC(=O)c1cn2cc(C34CC(C#N)(C3)C4)nc2cc1OC(C)C. The Bertz CT molecular complexity index is 871. The maximum atomic E-state index is 12.0. The number of nitriles is 1. The zero-order valence-electron chi connectivity index (χ0n) is 14.0. The van der Waals surface area contributed by atoms with Crippen molar-refractivity contribution in [1.29, 1.82) is 5.26 Å². The number of esters is 1. The second-order valence-corrected chi connectivity index (χ2v) is 7.30. The number of aromatic nitrogens is 2. The van der Waals surface area contributed by atoms with E-state index in [1.807, 2.05) is 24.4 Å². The minimum Gasteiger partial charge on any atom is -0.490 e.